The van der Waals surface area contributed by atoms with E-state index in [9.17, 15) is 10.1 Å². The first-order valence-corrected chi connectivity index (χ1v) is 7.27. The van der Waals surface area contributed by atoms with E-state index in [0.717, 1.165) is 38.8 Å². The molecule has 108 valence electrons. The molecule has 2 fully saturated rings. The van der Waals surface area contributed by atoms with E-state index >= 15 is 0 Å². The predicted octanol–water partition coefficient (Wildman–Crippen LogP) is 2.34. The van der Waals surface area contributed by atoms with Crippen LogP contribution in [0.5, 0.6) is 0 Å². The van der Waals surface area contributed by atoms with Gasteiger partial charge in [-0.05, 0) is 25.7 Å². The van der Waals surface area contributed by atoms with Crippen molar-refractivity contribution >= 4 is 17.5 Å². The lowest BCUT2D eigenvalue weighted by Gasteiger charge is -2.20. The summed E-state index contributed by atoms with van der Waals surface area (Å²) in [5, 5.41) is 14.2. The van der Waals surface area contributed by atoms with Gasteiger partial charge in [0.2, 0.25) is 11.8 Å². The Morgan fingerprint density at radius 3 is 2.55 bits per heavy atom. The average Bonchev–Trinajstić information content (AvgIpc) is 3.24. The molecule has 0 atom stereocenters. The van der Waals surface area contributed by atoms with Gasteiger partial charge in [0.15, 0.2) is 0 Å². The normalized spacial score (nSPS) is 19.5. The van der Waals surface area contributed by atoms with Crippen LogP contribution in [0.2, 0.25) is 0 Å². The molecule has 20 heavy (non-hydrogen) atoms. The second-order valence-corrected chi connectivity index (χ2v) is 5.48. The molecule has 0 aromatic carbocycles. The van der Waals surface area contributed by atoms with E-state index in [1.807, 2.05) is 0 Å². The molecule has 1 aromatic rings. The van der Waals surface area contributed by atoms with Gasteiger partial charge in [-0.3, -0.25) is 10.1 Å². The molecular formula is C13H19N5O2. The molecule has 7 heteroatoms. The van der Waals surface area contributed by atoms with E-state index < -0.39 is 4.92 Å². The van der Waals surface area contributed by atoms with Crippen LogP contribution in [-0.4, -0.2) is 34.0 Å². The fourth-order valence-corrected chi connectivity index (χ4v) is 2.45. The molecule has 0 spiro atoms. The average molecular weight is 277 g/mol. The molecule has 0 radical (unpaired) electrons. The summed E-state index contributed by atoms with van der Waals surface area (Å²) >= 11 is 0. The Bertz CT molecular complexity index is 496. The molecule has 2 heterocycles. The van der Waals surface area contributed by atoms with E-state index in [4.69, 9.17) is 0 Å². The quantitative estimate of drug-likeness (QED) is 0.671. The highest BCUT2D eigenvalue weighted by Gasteiger charge is 2.27. The number of nitro groups is 1. The van der Waals surface area contributed by atoms with Gasteiger partial charge in [-0.2, -0.15) is 4.98 Å². The molecule has 1 aliphatic heterocycles. The lowest BCUT2D eigenvalue weighted by atomic mass is 10.2. The van der Waals surface area contributed by atoms with Crippen molar-refractivity contribution in [2.45, 2.75) is 44.6 Å². The maximum Gasteiger partial charge on any atom is 0.329 e. The lowest BCUT2D eigenvalue weighted by Crippen LogP contribution is -2.26. The summed E-state index contributed by atoms with van der Waals surface area (Å²) in [4.78, 5) is 21.3. The van der Waals surface area contributed by atoms with Gasteiger partial charge in [0.25, 0.3) is 0 Å². The number of aromatic nitrogens is 2. The largest absolute Gasteiger partial charge is 0.361 e. The van der Waals surface area contributed by atoms with Crippen LogP contribution in [0.25, 0.3) is 0 Å². The molecule has 0 bridgehead atoms. The standard InChI is InChI=1S/C13H19N5O2/c19-18(20)11-9-14-13(16-12(11)15-10-5-6-10)17-7-3-1-2-4-8-17/h9-10H,1-8H2,(H,14,15,16). The summed E-state index contributed by atoms with van der Waals surface area (Å²) in [7, 11) is 0. The molecule has 1 aliphatic carbocycles. The Morgan fingerprint density at radius 1 is 1.25 bits per heavy atom. The third kappa shape index (κ3) is 2.97. The second kappa shape index (κ2) is 5.60. The molecule has 3 rings (SSSR count). The highest BCUT2D eigenvalue weighted by molar-refractivity contribution is 5.58. The number of nitrogens with zero attached hydrogens (tertiary/aromatic N) is 4. The van der Waals surface area contributed by atoms with Crippen LogP contribution in [0.3, 0.4) is 0 Å². The minimum absolute atomic E-state index is 0.0320. The van der Waals surface area contributed by atoms with E-state index in [2.05, 4.69) is 20.2 Å². The second-order valence-electron chi connectivity index (χ2n) is 5.48. The summed E-state index contributed by atoms with van der Waals surface area (Å²) in [5.41, 5.74) is -0.0320. The minimum atomic E-state index is -0.420. The first-order chi connectivity index (χ1) is 9.74. The Morgan fingerprint density at radius 2 is 1.95 bits per heavy atom. The van der Waals surface area contributed by atoms with Crippen LogP contribution in [0, 0.1) is 10.1 Å². The van der Waals surface area contributed by atoms with Crippen LogP contribution in [0.1, 0.15) is 38.5 Å². The molecule has 0 amide bonds. The zero-order valence-corrected chi connectivity index (χ0v) is 11.4. The number of hydrogen-bond donors (Lipinski definition) is 1. The van der Waals surface area contributed by atoms with Crippen LogP contribution >= 0.6 is 0 Å². The monoisotopic (exact) mass is 277 g/mol. The van der Waals surface area contributed by atoms with Crippen molar-refractivity contribution in [1.29, 1.82) is 0 Å². The molecule has 0 unspecified atom stereocenters. The smallest absolute Gasteiger partial charge is 0.329 e. The number of rotatable bonds is 4. The van der Waals surface area contributed by atoms with Gasteiger partial charge in [0, 0.05) is 19.1 Å². The number of anilines is 2. The van der Waals surface area contributed by atoms with Crippen molar-refractivity contribution in [3.8, 4) is 0 Å². The highest BCUT2D eigenvalue weighted by Crippen LogP contribution is 2.30. The van der Waals surface area contributed by atoms with Gasteiger partial charge in [-0.15, -0.1) is 0 Å². The summed E-state index contributed by atoms with van der Waals surface area (Å²) in [6.07, 6.45) is 8.17. The van der Waals surface area contributed by atoms with Gasteiger partial charge < -0.3 is 10.2 Å². The van der Waals surface area contributed by atoms with Crippen LogP contribution in [0.4, 0.5) is 17.5 Å². The Kier molecular flexibility index (Phi) is 3.66. The van der Waals surface area contributed by atoms with Crippen molar-refractivity contribution in [2.24, 2.45) is 0 Å². The van der Waals surface area contributed by atoms with Gasteiger partial charge in [0.05, 0.1) is 4.92 Å². The van der Waals surface area contributed by atoms with Gasteiger partial charge in [0.1, 0.15) is 6.20 Å². The van der Waals surface area contributed by atoms with Crippen molar-refractivity contribution in [1.82, 2.24) is 9.97 Å². The molecule has 7 nitrogen and oxygen atoms in total. The van der Waals surface area contributed by atoms with Crippen molar-refractivity contribution in [3.63, 3.8) is 0 Å². The van der Waals surface area contributed by atoms with Crippen LogP contribution in [-0.2, 0) is 0 Å². The van der Waals surface area contributed by atoms with Gasteiger partial charge >= 0.3 is 5.69 Å². The fraction of sp³-hybridized carbons (Fsp3) is 0.692. The third-order valence-corrected chi connectivity index (χ3v) is 3.76. The highest BCUT2D eigenvalue weighted by atomic mass is 16.6. The van der Waals surface area contributed by atoms with Gasteiger partial charge in [-0.1, -0.05) is 12.8 Å². The van der Waals surface area contributed by atoms with Crippen molar-refractivity contribution in [3.05, 3.63) is 16.3 Å². The molecule has 1 aromatic heterocycles. The van der Waals surface area contributed by atoms with E-state index in [1.54, 1.807) is 0 Å². The van der Waals surface area contributed by atoms with E-state index in [1.165, 1.54) is 19.0 Å². The van der Waals surface area contributed by atoms with E-state index in [0.29, 0.717) is 17.8 Å². The zero-order chi connectivity index (χ0) is 13.9. The maximum absolute atomic E-state index is 11.0. The summed E-state index contributed by atoms with van der Waals surface area (Å²) in [5.74, 6) is 0.979. The Hall–Kier alpha value is -1.92. The summed E-state index contributed by atoms with van der Waals surface area (Å²) in [6, 6.07) is 0.334. The Balaban J connectivity index is 1.85. The number of hydrogen-bond acceptors (Lipinski definition) is 6. The topological polar surface area (TPSA) is 84.2 Å². The van der Waals surface area contributed by atoms with Crippen molar-refractivity contribution < 1.29 is 4.92 Å². The van der Waals surface area contributed by atoms with Crippen LogP contribution < -0.4 is 10.2 Å². The molecule has 1 saturated carbocycles. The minimum Gasteiger partial charge on any atom is -0.361 e. The molecular weight excluding hydrogens is 258 g/mol. The van der Waals surface area contributed by atoms with Crippen LogP contribution in [0.15, 0.2) is 6.20 Å². The fourth-order valence-electron chi connectivity index (χ4n) is 2.45. The van der Waals surface area contributed by atoms with E-state index in [-0.39, 0.29) is 5.69 Å². The first-order valence-electron chi connectivity index (χ1n) is 7.27. The first kappa shape index (κ1) is 13.1. The molecule has 2 aliphatic rings. The molecule has 1 saturated heterocycles. The lowest BCUT2D eigenvalue weighted by molar-refractivity contribution is -0.384. The molecule has 1 N–H and O–H groups in total. The summed E-state index contributed by atoms with van der Waals surface area (Å²) in [6.45, 7) is 1.86. The SMILES string of the molecule is O=[N+]([O-])c1cnc(N2CCCCCC2)nc1NC1CC1. The van der Waals surface area contributed by atoms with Gasteiger partial charge in [-0.25, -0.2) is 4.98 Å². The third-order valence-electron chi connectivity index (χ3n) is 3.76. The predicted molar refractivity (Wildman–Crippen MR) is 76.0 cm³/mol. The maximum atomic E-state index is 11.0. The summed E-state index contributed by atoms with van der Waals surface area (Å²) < 4.78 is 0. The number of nitrogens with one attached hydrogen (secondary N) is 1. The van der Waals surface area contributed by atoms with Crippen molar-refractivity contribution in [2.75, 3.05) is 23.3 Å². The zero-order valence-electron chi connectivity index (χ0n) is 11.4. The Labute approximate surface area is 117 Å².